The Morgan fingerprint density at radius 1 is 1.67 bits per heavy atom. The normalized spacial score (nSPS) is 19.7. The van der Waals surface area contributed by atoms with E-state index in [9.17, 15) is 4.79 Å². The van der Waals surface area contributed by atoms with E-state index in [0.29, 0.717) is 12.2 Å². The van der Waals surface area contributed by atoms with Crippen LogP contribution in [0.4, 0.5) is 5.69 Å². The van der Waals surface area contributed by atoms with Gasteiger partial charge in [-0.15, -0.1) is 0 Å². The van der Waals surface area contributed by atoms with E-state index >= 15 is 0 Å². The standard InChI is InChI=1S/C13H20N4O/c1-2-15-13(18)12-8-11(5-6-16-12)17-7-3-4-10(14)9-17/h5-6,8,10H,2-4,7,9,14H2,1H3,(H,15,18)/t10-/m1/s1. The number of rotatable bonds is 3. The van der Waals surface area contributed by atoms with Crippen LogP contribution >= 0.6 is 0 Å². The number of amides is 1. The molecule has 1 aromatic rings. The Labute approximate surface area is 107 Å². The second-order valence-electron chi connectivity index (χ2n) is 4.61. The first kappa shape index (κ1) is 12.8. The van der Waals surface area contributed by atoms with Gasteiger partial charge in [0.2, 0.25) is 0 Å². The molecule has 1 saturated heterocycles. The Morgan fingerprint density at radius 3 is 3.22 bits per heavy atom. The van der Waals surface area contributed by atoms with Crippen molar-refractivity contribution in [3.05, 3.63) is 24.0 Å². The highest BCUT2D eigenvalue weighted by Crippen LogP contribution is 2.19. The van der Waals surface area contributed by atoms with Crippen LogP contribution in [-0.4, -0.2) is 36.6 Å². The van der Waals surface area contributed by atoms with Gasteiger partial charge < -0.3 is 16.0 Å². The summed E-state index contributed by atoms with van der Waals surface area (Å²) in [4.78, 5) is 18.0. The lowest BCUT2D eigenvalue weighted by molar-refractivity contribution is 0.0951. The van der Waals surface area contributed by atoms with E-state index in [1.165, 1.54) is 0 Å². The van der Waals surface area contributed by atoms with Crippen LogP contribution in [0.3, 0.4) is 0 Å². The van der Waals surface area contributed by atoms with Crippen LogP contribution in [0.2, 0.25) is 0 Å². The van der Waals surface area contributed by atoms with Crippen molar-refractivity contribution in [3.8, 4) is 0 Å². The van der Waals surface area contributed by atoms with Crippen molar-refractivity contribution in [2.75, 3.05) is 24.5 Å². The van der Waals surface area contributed by atoms with Crippen molar-refractivity contribution in [3.63, 3.8) is 0 Å². The van der Waals surface area contributed by atoms with Crippen LogP contribution in [0.5, 0.6) is 0 Å². The van der Waals surface area contributed by atoms with Gasteiger partial charge in [-0.1, -0.05) is 0 Å². The number of nitrogens with zero attached hydrogens (tertiary/aromatic N) is 2. The molecule has 98 valence electrons. The van der Waals surface area contributed by atoms with Crippen molar-refractivity contribution in [1.29, 1.82) is 0 Å². The first-order valence-corrected chi connectivity index (χ1v) is 6.45. The predicted molar refractivity (Wildman–Crippen MR) is 71.7 cm³/mol. The molecule has 2 rings (SSSR count). The highest BCUT2D eigenvalue weighted by molar-refractivity contribution is 5.93. The van der Waals surface area contributed by atoms with Crippen LogP contribution in [0.15, 0.2) is 18.3 Å². The molecular formula is C13H20N4O. The van der Waals surface area contributed by atoms with Crippen molar-refractivity contribution >= 4 is 11.6 Å². The number of hydrogen-bond acceptors (Lipinski definition) is 4. The molecule has 2 heterocycles. The Balaban J connectivity index is 2.13. The second kappa shape index (κ2) is 5.82. The molecule has 0 unspecified atom stereocenters. The SMILES string of the molecule is CCNC(=O)c1cc(N2CCC[C@@H](N)C2)ccn1. The van der Waals surface area contributed by atoms with Crippen LogP contribution < -0.4 is 16.0 Å². The van der Waals surface area contributed by atoms with Gasteiger partial charge in [0.15, 0.2) is 0 Å². The minimum Gasteiger partial charge on any atom is -0.370 e. The zero-order valence-corrected chi connectivity index (χ0v) is 10.7. The van der Waals surface area contributed by atoms with Gasteiger partial charge in [-0.2, -0.15) is 0 Å². The van der Waals surface area contributed by atoms with Gasteiger partial charge in [0.05, 0.1) is 0 Å². The third kappa shape index (κ3) is 2.98. The number of pyridine rings is 1. The second-order valence-corrected chi connectivity index (χ2v) is 4.61. The first-order valence-electron chi connectivity index (χ1n) is 6.45. The van der Waals surface area contributed by atoms with Gasteiger partial charge in [0.1, 0.15) is 5.69 Å². The number of nitrogens with one attached hydrogen (secondary N) is 1. The largest absolute Gasteiger partial charge is 0.370 e. The quantitative estimate of drug-likeness (QED) is 0.828. The monoisotopic (exact) mass is 248 g/mol. The summed E-state index contributed by atoms with van der Waals surface area (Å²) in [5.74, 6) is -0.124. The summed E-state index contributed by atoms with van der Waals surface area (Å²) in [6.45, 7) is 4.34. The minimum atomic E-state index is -0.124. The molecule has 1 aromatic heterocycles. The number of hydrogen-bond donors (Lipinski definition) is 2. The molecular weight excluding hydrogens is 228 g/mol. The van der Waals surface area contributed by atoms with Gasteiger partial charge in [-0.25, -0.2) is 0 Å². The molecule has 1 fully saturated rings. The van der Waals surface area contributed by atoms with Crippen LogP contribution in [-0.2, 0) is 0 Å². The molecule has 5 heteroatoms. The molecule has 0 bridgehead atoms. The fraction of sp³-hybridized carbons (Fsp3) is 0.538. The van der Waals surface area contributed by atoms with Crippen molar-refractivity contribution < 1.29 is 4.79 Å². The topological polar surface area (TPSA) is 71.2 Å². The van der Waals surface area contributed by atoms with E-state index in [-0.39, 0.29) is 11.9 Å². The molecule has 18 heavy (non-hydrogen) atoms. The van der Waals surface area contributed by atoms with E-state index in [1.807, 2.05) is 19.1 Å². The summed E-state index contributed by atoms with van der Waals surface area (Å²) in [6, 6.07) is 3.99. The van der Waals surface area contributed by atoms with E-state index in [4.69, 9.17) is 5.73 Å². The molecule has 1 atom stereocenters. The van der Waals surface area contributed by atoms with E-state index in [1.54, 1.807) is 6.20 Å². The summed E-state index contributed by atoms with van der Waals surface area (Å²) in [5.41, 5.74) is 7.47. The Morgan fingerprint density at radius 2 is 2.50 bits per heavy atom. The number of carbonyl (C=O) groups is 1. The van der Waals surface area contributed by atoms with Crippen molar-refractivity contribution in [1.82, 2.24) is 10.3 Å². The molecule has 0 radical (unpaired) electrons. The van der Waals surface area contributed by atoms with E-state index < -0.39 is 0 Å². The van der Waals surface area contributed by atoms with Crippen molar-refractivity contribution in [2.45, 2.75) is 25.8 Å². The van der Waals surface area contributed by atoms with Gasteiger partial charge in [-0.3, -0.25) is 9.78 Å². The van der Waals surface area contributed by atoms with E-state index in [2.05, 4.69) is 15.2 Å². The van der Waals surface area contributed by atoms with Crippen LogP contribution in [0.1, 0.15) is 30.3 Å². The zero-order valence-electron chi connectivity index (χ0n) is 10.7. The van der Waals surface area contributed by atoms with E-state index in [0.717, 1.165) is 31.6 Å². The van der Waals surface area contributed by atoms with Crippen LogP contribution in [0.25, 0.3) is 0 Å². The third-order valence-corrected chi connectivity index (χ3v) is 3.14. The Hall–Kier alpha value is -1.62. The summed E-state index contributed by atoms with van der Waals surface area (Å²) in [6.07, 6.45) is 3.85. The highest BCUT2D eigenvalue weighted by Gasteiger charge is 2.18. The lowest BCUT2D eigenvalue weighted by Crippen LogP contribution is -2.42. The fourth-order valence-corrected chi connectivity index (χ4v) is 2.24. The smallest absolute Gasteiger partial charge is 0.269 e. The minimum absolute atomic E-state index is 0.124. The highest BCUT2D eigenvalue weighted by atomic mass is 16.1. The average Bonchev–Trinajstić information content (AvgIpc) is 2.39. The number of nitrogens with two attached hydrogens (primary N) is 1. The molecule has 1 amide bonds. The lowest BCUT2D eigenvalue weighted by Gasteiger charge is -2.32. The molecule has 3 N–H and O–H groups in total. The molecule has 0 aromatic carbocycles. The molecule has 0 saturated carbocycles. The first-order chi connectivity index (χ1) is 8.70. The summed E-state index contributed by atoms with van der Waals surface area (Å²) in [7, 11) is 0. The Bertz CT molecular complexity index is 421. The third-order valence-electron chi connectivity index (χ3n) is 3.14. The summed E-state index contributed by atoms with van der Waals surface area (Å²) in [5, 5.41) is 2.76. The van der Waals surface area contributed by atoms with Gasteiger partial charge in [-0.05, 0) is 31.9 Å². The molecule has 5 nitrogen and oxygen atoms in total. The number of aromatic nitrogens is 1. The van der Waals surface area contributed by atoms with Crippen molar-refractivity contribution in [2.24, 2.45) is 5.73 Å². The lowest BCUT2D eigenvalue weighted by atomic mass is 10.1. The molecule has 0 spiro atoms. The van der Waals surface area contributed by atoms with Crippen LogP contribution in [0, 0.1) is 0 Å². The average molecular weight is 248 g/mol. The maximum atomic E-state index is 11.7. The molecule has 1 aliphatic rings. The molecule has 0 aliphatic carbocycles. The number of carbonyl (C=O) groups excluding carboxylic acids is 1. The maximum absolute atomic E-state index is 11.7. The number of piperidine rings is 1. The summed E-state index contributed by atoms with van der Waals surface area (Å²) >= 11 is 0. The predicted octanol–water partition coefficient (Wildman–Crippen LogP) is 0.759. The maximum Gasteiger partial charge on any atom is 0.269 e. The summed E-state index contributed by atoms with van der Waals surface area (Å²) < 4.78 is 0. The van der Waals surface area contributed by atoms with Gasteiger partial charge in [0.25, 0.3) is 5.91 Å². The fourth-order valence-electron chi connectivity index (χ4n) is 2.24. The van der Waals surface area contributed by atoms with Gasteiger partial charge in [0, 0.05) is 37.6 Å². The van der Waals surface area contributed by atoms with Gasteiger partial charge >= 0.3 is 0 Å². The zero-order chi connectivity index (χ0) is 13.0. The Kier molecular flexibility index (Phi) is 4.15. The molecule has 1 aliphatic heterocycles. The number of anilines is 1.